The summed E-state index contributed by atoms with van der Waals surface area (Å²) in [7, 11) is -3.64. The van der Waals surface area contributed by atoms with E-state index in [2.05, 4.69) is 41.6 Å². The Morgan fingerprint density at radius 1 is 1.21 bits per heavy atom. The summed E-state index contributed by atoms with van der Waals surface area (Å²) in [6, 6.07) is 8.25. The van der Waals surface area contributed by atoms with Crippen LogP contribution in [0.25, 0.3) is 0 Å². The molecular weight excluding hydrogens is 396 g/mol. The van der Waals surface area contributed by atoms with Crippen LogP contribution in [0.1, 0.15) is 5.69 Å². The number of sulfonamides is 1. The van der Waals surface area contributed by atoms with Crippen molar-refractivity contribution in [2.75, 3.05) is 4.72 Å². The Morgan fingerprint density at radius 3 is 2.58 bits per heavy atom. The molecule has 0 saturated heterocycles. The second-order valence-corrected chi connectivity index (χ2v) is 7.24. The van der Waals surface area contributed by atoms with Crippen LogP contribution in [0.5, 0.6) is 0 Å². The van der Waals surface area contributed by atoms with Gasteiger partial charge in [0.2, 0.25) is 0 Å². The Balaban J connectivity index is 2.41. The molecule has 19 heavy (non-hydrogen) atoms. The Labute approximate surface area is 128 Å². The summed E-state index contributed by atoms with van der Waals surface area (Å²) < 4.78 is 28.4. The zero-order valence-electron chi connectivity index (χ0n) is 9.89. The molecular formula is C12H10Br2N2O2S. The van der Waals surface area contributed by atoms with Crippen molar-refractivity contribution in [1.29, 1.82) is 0 Å². The normalized spacial score (nSPS) is 11.3. The molecule has 1 N–H and O–H groups in total. The molecule has 2 rings (SSSR count). The van der Waals surface area contributed by atoms with E-state index in [-0.39, 0.29) is 4.90 Å². The second kappa shape index (κ2) is 5.60. The minimum absolute atomic E-state index is 0.180. The van der Waals surface area contributed by atoms with Gasteiger partial charge in [0.15, 0.2) is 0 Å². The van der Waals surface area contributed by atoms with E-state index in [4.69, 9.17) is 0 Å². The average molecular weight is 406 g/mol. The van der Waals surface area contributed by atoms with Gasteiger partial charge in [-0.25, -0.2) is 8.42 Å². The fourth-order valence-corrected chi connectivity index (χ4v) is 4.35. The maximum absolute atomic E-state index is 12.3. The molecule has 0 spiro atoms. The van der Waals surface area contributed by atoms with Gasteiger partial charge < -0.3 is 0 Å². The molecule has 7 heteroatoms. The summed E-state index contributed by atoms with van der Waals surface area (Å²) in [5.74, 6) is 0. The number of benzene rings is 1. The highest BCUT2D eigenvalue weighted by Gasteiger charge is 2.18. The molecule has 0 aliphatic heterocycles. The van der Waals surface area contributed by atoms with Gasteiger partial charge in [-0.2, -0.15) is 0 Å². The van der Waals surface area contributed by atoms with E-state index < -0.39 is 10.0 Å². The molecule has 0 radical (unpaired) electrons. The van der Waals surface area contributed by atoms with Gasteiger partial charge in [0.1, 0.15) is 4.90 Å². The first-order chi connectivity index (χ1) is 8.90. The number of pyridine rings is 1. The van der Waals surface area contributed by atoms with Crippen molar-refractivity contribution < 1.29 is 8.42 Å². The lowest BCUT2D eigenvalue weighted by Crippen LogP contribution is -2.14. The number of halogens is 2. The van der Waals surface area contributed by atoms with Gasteiger partial charge in [-0.1, -0.05) is 15.9 Å². The van der Waals surface area contributed by atoms with Crippen LogP contribution in [0.3, 0.4) is 0 Å². The highest BCUT2D eigenvalue weighted by molar-refractivity contribution is 9.11. The van der Waals surface area contributed by atoms with Crippen LogP contribution >= 0.6 is 31.9 Å². The molecule has 100 valence electrons. The maximum Gasteiger partial charge on any atom is 0.263 e. The lowest BCUT2D eigenvalue weighted by molar-refractivity contribution is 0.600. The molecule has 0 aliphatic carbocycles. The van der Waals surface area contributed by atoms with E-state index in [1.807, 2.05) is 0 Å². The third-order valence-electron chi connectivity index (χ3n) is 2.43. The minimum atomic E-state index is -3.64. The van der Waals surface area contributed by atoms with E-state index in [0.29, 0.717) is 15.9 Å². The van der Waals surface area contributed by atoms with Crippen LogP contribution in [0.4, 0.5) is 5.69 Å². The van der Waals surface area contributed by atoms with Crippen LogP contribution in [0.15, 0.2) is 50.4 Å². The molecule has 0 aliphatic rings. The molecule has 0 saturated carbocycles. The predicted molar refractivity (Wildman–Crippen MR) is 81.6 cm³/mol. The van der Waals surface area contributed by atoms with E-state index in [1.165, 1.54) is 6.07 Å². The molecule has 0 unspecified atom stereocenters. The van der Waals surface area contributed by atoms with Crippen molar-refractivity contribution in [3.05, 3.63) is 51.2 Å². The van der Waals surface area contributed by atoms with Crippen LogP contribution in [-0.4, -0.2) is 13.4 Å². The summed E-state index contributed by atoms with van der Waals surface area (Å²) >= 11 is 6.54. The smallest absolute Gasteiger partial charge is 0.263 e. The molecule has 1 aromatic carbocycles. The molecule has 4 nitrogen and oxygen atoms in total. The van der Waals surface area contributed by atoms with Crippen molar-refractivity contribution in [3.63, 3.8) is 0 Å². The fourth-order valence-electron chi connectivity index (χ4n) is 1.48. The average Bonchev–Trinajstić information content (AvgIpc) is 2.31. The number of anilines is 1. The topological polar surface area (TPSA) is 59.1 Å². The number of nitrogens with one attached hydrogen (secondary N) is 1. The number of hydrogen-bond donors (Lipinski definition) is 1. The fraction of sp³-hybridized carbons (Fsp3) is 0.0833. The zero-order chi connectivity index (χ0) is 14.0. The standard InChI is InChI=1S/C12H10Br2N2O2S/c1-8-11(3-2-6-15-8)16-19(17,18)12-5-4-9(13)7-10(12)14/h2-7,16H,1H3. The second-order valence-electron chi connectivity index (χ2n) is 3.82. The maximum atomic E-state index is 12.3. The quantitative estimate of drug-likeness (QED) is 0.846. The summed E-state index contributed by atoms with van der Waals surface area (Å²) in [4.78, 5) is 4.23. The molecule has 0 bridgehead atoms. The zero-order valence-corrected chi connectivity index (χ0v) is 13.9. The molecule has 1 heterocycles. The van der Waals surface area contributed by atoms with Crippen LogP contribution < -0.4 is 4.72 Å². The molecule has 0 amide bonds. The van der Waals surface area contributed by atoms with Gasteiger partial charge in [0, 0.05) is 15.1 Å². The molecule has 0 atom stereocenters. The Bertz CT molecular complexity index is 717. The van der Waals surface area contributed by atoms with Gasteiger partial charge >= 0.3 is 0 Å². The summed E-state index contributed by atoms with van der Waals surface area (Å²) in [6.07, 6.45) is 1.61. The van der Waals surface area contributed by atoms with E-state index in [9.17, 15) is 8.42 Å². The largest absolute Gasteiger partial charge is 0.278 e. The minimum Gasteiger partial charge on any atom is -0.278 e. The van der Waals surface area contributed by atoms with Gasteiger partial charge in [-0.05, 0) is 53.2 Å². The SMILES string of the molecule is Cc1ncccc1NS(=O)(=O)c1ccc(Br)cc1Br. The van der Waals surface area contributed by atoms with Crippen molar-refractivity contribution in [2.45, 2.75) is 11.8 Å². The number of aryl methyl sites for hydroxylation is 1. The number of rotatable bonds is 3. The Kier molecular flexibility index (Phi) is 4.27. The first-order valence-corrected chi connectivity index (χ1v) is 8.36. The van der Waals surface area contributed by atoms with Gasteiger partial charge in [0.25, 0.3) is 10.0 Å². The number of aromatic nitrogens is 1. The third kappa shape index (κ3) is 3.34. The van der Waals surface area contributed by atoms with Crippen molar-refractivity contribution in [3.8, 4) is 0 Å². The van der Waals surface area contributed by atoms with E-state index in [1.54, 1.807) is 37.4 Å². The summed E-state index contributed by atoms with van der Waals surface area (Å²) in [6.45, 7) is 1.74. The predicted octanol–water partition coefficient (Wildman–Crippen LogP) is 3.72. The summed E-state index contributed by atoms with van der Waals surface area (Å²) in [5.41, 5.74) is 1.09. The highest BCUT2D eigenvalue weighted by atomic mass is 79.9. The monoisotopic (exact) mass is 404 g/mol. The van der Waals surface area contributed by atoms with Crippen molar-refractivity contribution >= 4 is 47.6 Å². The Hall–Kier alpha value is -0.920. The van der Waals surface area contributed by atoms with Gasteiger partial charge in [-0.15, -0.1) is 0 Å². The van der Waals surface area contributed by atoms with Crippen LogP contribution in [0, 0.1) is 6.92 Å². The lowest BCUT2D eigenvalue weighted by atomic mass is 10.3. The van der Waals surface area contributed by atoms with Crippen LogP contribution in [0.2, 0.25) is 0 Å². The summed E-state index contributed by atoms with van der Waals surface area (Å²) in [5, 5.41) is 0. The number of nitrogens with zero attached hydrogens (tertiary/aromatic N) is 1. The molecule has 1 aromatic heterocycles. The van der Waals surface area contributed by atoms with E-state index >= 15 is 0 Å². The van der Waals surface area contributed by atoms with Gasteiger partial charge in [0.05, 0.1) is 11.4 Å². The first kappa shape index (κ1) is 14.5. The molecule has 0 fully saturated rings. The van der Waals surface area contributed by atoms with Crippen LogP contribution in [-0.2, 0) is 10.0 Å². The van der Waals surface area contributed by atoms with E-state index in [0.717, 1.165) is 4.47 Å². The van der Waals surface area contributed by atoms with Crippen molar-refractivity contribution in [1.82, 2.24) is 4.98 Å². The number of hydrogen-bond acceptors (Lipinski definition) is 3. The van der Waals surface area contributed by atoms with Crippen molar-refractivity contribution in [2.24, 2.45) is 0 Å². The molecule has 2 aromatic rings. The Morgan fingerprint density at radius 2 is 1.95 bits per heavy atom. The highest BCUT2D eigenvalue weighted by Crippen LogP contribution is 2.27. The third-order valence-corrected chi connectivity index (χ3v) is 5.27. The lowest BCUT2D eigenvalue weighted by Gasteiger charge is -2.11. The van der Waals surface area contributed by atoms with Gasteiger partial charge in [-0.3, -0.25) is 9.71 Å². The first-order valence-electron chi connectivity index (χ1n) is 5.29.